The standard InChI is InChI=1S/C13H16N4O2/c1-8-5-12-14-6-11(9(2)17(12)15-8)13(19)16-4-3-10(18)7-16/h5-6,10,18H,3-4,7H2,1-2H3. The smallest absolute Gasteiger partial charge is 0.257 e. The number of fused-ring (bicyclic) bond motifs is 1. The summed E-state index contributed by atoms with van der Waals surface area (Å²) in [6.45, 7) is 4.75. The van der Waals surface area contributed by atoms with E-state index in [1.807, 2.05) is 19.9 Å². The van der Waals surface area contributed by atoms with E-state index < -0.39 is 6.10 Å². The van der Waals surface area contributed by atoms with E-state index in [9.17, 15) is 9.90 Å². The van der Waals surface area contributed by atoms with Crippen LogP contribution in [0.5, 0.6) is 0 Å². The summed E-state index contributed by atoms with van der Waals surface area (Å²) in [6, 6.07) is 1.88. The number of aryl methyl sites for hydroxylation is 2. The SMILES string of the molecule is Cc1cc2ncc(C(=O)N3CCC(O)C3)c(C)n2n1. The molecule has 6 heteroatoms. The molecule has 100 valence electrons. The molecule has 19 heavy (non-hydrogen) atoms. The Kier molecular flexibility index (Phi) is 2.74. The molecule has 1 amide bonds. The lowest BCUT2D eigenvalue weighted by Crippen LogP contribution is -2.30. The molecule has 3 heterocycles. The molecular formula is C13H16N4O2. The molecule has 1 saturated heterocycles. The minimum atomic E-state index is -0.409. The van der Waals surface area contributed by atoms with Crippen molar-refractivity contribution in [2.45, 2.75) is 26.4 Å². The van der Waals surface area contributed by atoms with Crippen molar-refractivity contribution in [3.05, 3.63) is 29.2 Å². The second kappa shape index (κ2) is 4.31. The van der Waals surface area contributed by atoms with Crippen molar-refractivity contribution in [1.29, 1.82) is 0 Å². The summed E-state index contributed by atoms with van der Waals surface area (Å²) < 4.78 is 1.69. The number of β-amino-alcohol motifs (C(OH)–C–C–N with tert-alkyl or cyclic N) is 1. The van der Waals surface area contributed by atoms with Gasteiger partial charge in [0.05, 0.1) is 23.1 Å². The van der Waals surface area contributed by atoms with E-state index in [1.165, 1.54) is 0 Å². The van der Waals surface area contributed by atoms with Crippen LogP contribution >= 0.6 is 0 Å². The highest BCUT2D eigenvalue weighted by Crippen LogP contribution is 2.17. The average molecular weight is 260 g/mol. The van der Waals surface area contributed by atoms with Crippen molar-refractivity contribution in [2.75, 3.05) is 13.1 Å². The van der Waals surface area contributed by atoms with Gasteiger partial charge in [-0.2, -0.15) is 5.10 Å². The van der Waals surface area contributed by atoms with E-state index in [-0.39, 0.29) is 5.91 Å². The second-order valence-electron chi connectivity index (χ2n) is 5.01. The van der Waals surface area contributed by atoms with E-state index in [2.05, 4.69) is 10.1 Å². The fraction of sp³-hybridized carbons (Fsp3) is 0.462. The van der Waals surface area contributed by atoms with Crippen LogP contribution in [0.25, 0.3) is 5.65 Å². The molecule has 1 fully saturated rings. The zero-order valence-corrected chi connectivity index (χ0v) is 11.0. The zero-order chi connectivity index (χ0) is 13.6. The fourth-order valence-electron chi connectivity index (χ4n) is 2.47. The molecule has 0 aromatic carbocycles. The van der Waals surface area contributed by atoms with E-state index in [4.69, 9.17) is 0 Å². The molecule has 2 aromatic rings. The van der Waals surface area contributed by atoms with Crippen LogP contribution in [0.4, 0.5) is 0 Å². The zero-order valence-electron chi connectivity index (χ0n) is 11.0. The summed E-state index contributed by atoms with van der Waals surface area (Å²) in [6.07, 6.45) is 1.83. The van der Waals surface area contributed by atoms with Gasteiger partial charge in [-0.25, -0.2) is 9.50 Å². The lowest BCUT2D eigenvalue weighted by Gasteiger charge is -2.16. The fourth-order valence-corrected chi connectivity index (χ4v) is 2.47. The predicted molar refractivity (Wildman–Crippen MR) is 69.0 cm³/mol. The van der Waals surface area contributed by atoms with Gasteiger partial charge >= 0.3 is 0 Å². The van der Waals surface area contributed by atoms with Gasteiger partial charge in [0.1, 0.15) is 0 Å². The minimum Gasteiger partial charge on any atom is -0.391 e. The summed E-state index contributed by atoms with van der Waals surface area (Å²) in [7, 11) is 0. The number of amides is 1. The van der Waals surface area contributed by atoms with Crippen LogP contribution in [-0.4, -0.2) is 49.7 Å². The van der Waals surface area contributed by atoms with Gasteiger partial charge in [0.15, 0.2) is 5.65 Å². The van der Waals surface area contributed by atoms with Crippen LogP contribution in [0.3, 0.4) is 0 Å². The third-order valence-electron chi connectivity index (χ3n) is 3.53. The topological polar surface area (TPSA) is 70.7 Å². The average Bonchev–Trinajstić information content (AvgIpc) is 2.95. The minimum absolute atomic E-state index is 0.0865. The highest BCUT2D eigenvalue weighted by atomic mass is 16.3. The van der Waals surface area contributed by atoms with Crippen LogP contribution in [0.15, 0.2) is 12.3 Å². The third-order valence-corrected chi connectivity index (χ3v) is 3.53. The largest absolute Gasteiger partial charge is 0.391 e. The first kappa shape index (κ1) is 12.1. The van der Waals surface area contributed by atoms with Crippen molar-refractivity contribution in [3.8, 4) is 0 Å². The summed E-state index contributed by atoms with van der Waals surface area (Å²) in [4.78, 5) is 18.3. The number of aliphatic hydroxyl groups is 1. The number of carbonyl (C=O) groups is 1. The van der Waals surface area contributed by atoms with Crippen molar-refractivity contribution in [3.63, 3.8) is 0 Å². The van der Waals surface area contributed by atoms with Gasteiger partial charge in [-0.3, -0.25) is 4.79 Å². The Hall–Kier alpha value is -1.95. The quantitative estimate of drug-likeness (QED) is 0.813. The van der Waals surface area contributed by atoms with Crippen LogP contribution in [-0.2, 0) is 0 Å². The number of aromatic nitrogens is 3. The molecule has 1 atom stereocenters. The maximum atomic E-state index is 12.4. The molecule has 1 unspecified atom stereocenters. The normalized spacial score (nSPS) is 19.3. The molecule has 3 rings (SSSR count). The number of likely N-dealkylation sites (tertiary alicyclic amines) is 1. The van der Waals surface area contributed by atoms with Crippen molar-refractivity contribution >= 4 is 11.6 Å². The summed E-state index contributed by atoms with van der Waals surface area (Å²) in [5, 5.41) is 13.8. The molecule has 0 bridgehead atoms. The molecule has 2 aromatic heterocycles. The highest BCUT2D eigenvalue weighted by Gasteiger charge is 2.27. The third kappa shape index (κ3) is 1.98. The molecule has 0 saturated carbocycles. The monoisotopic (exact) mass is 260 g/mol. The number of hydrogen-bond acceptors (Lipinski definition) is 4. The van der Waals surface area contributed by atoms with Gasteiger partial charge in [-0.15, -0.1) is 0 Å². The number of rotatable bonds is 1. The Bertz CT molecular complexity index is 649. The summed E-state index contributed by atoms with van der Waals surface area (Å²) in [5.41, 5.74) is 2.94. The maximum Gasteiger partial charge on any atom is 0.257 e. The molecule has 0 aliphatic carbocycles. The number of aliphatic hydroxyl groups excluding tert-OH is 1. The Morgan fingerprint density at radius 1 is 1.47 bits per heavy atom. The predicted octanol–water partition coefficient (Wildman–Crippen LogP) is 0.553. The molecular weight excluding hydrogens is 244 g/mol. The molecule has 6 nitrogen and oxygen atoms in total. The number of carbonyl (C=O) groups excluding carboxylic acids is 1. The molecule has 1 aliphatic heterocycles. The molecule has 0 radical (unpaired) electrons. The van der Waals surface area contributed by atoms with Gasteiger partial charge in [0.2, 0.25) is 0 Å². The van der Waals surface area contributed by atoms with Gasteiger partial charge in [0, 0.05) is 25.4 Å². The molecule has 0 spiro atoms. The summed E-state index contributed by atoms with van der Waals surface area (Å²) in [5.74, 6) is -0.0865. The van der Waals surface area contributed by atoms with E-state index in [0.717, 1.165) is 17.0 Å². The first-order chi connectivity index (χ1) is 9.06. The van der Waals surface area contributed by atoms with Gasteiger partial charge in [-0.1, -0.05) is 0 Å². The van der Waals surface area contributed by atoms with E-state index in [1.54, 1.807) is 15.6 Å². The van der Waals surface area contributed by atoms with Gasteiger partial charge in [0.25, 0.3) is 5.91 Å². The van der Waals surface area contributed by atoms with Crippen LogP contribution in [0.2, 0.25) is 0 Å². The lowest BCUT2D eigenvalue weighted by atomic mass is 10.2. The number of hydrogen-bond donors (Lipinski definition) is 1. The lowest BCUT2D eigenvalue weighted by molar-refractivity contribution is 0.0763. The Morgan fingerprint density at radius 3 is 2.95 bits per heavy atom. The first-order valence-corrected chi connectivity index (χ1v) is 6.35. The maximum absolute atomic E-state index is 12.4. The van der Waals surface area contributed by atoms with Gasteiger partial charge < -0.3 is 10.0 Å². The highest BCUT2D eigenvalue weighted by molar-refractivity contribution is 5.95. The molecule has 1 N–H and O–H groups in total. The van der Waals surface area contributed by atoms with E-state index >= 15 is 0 Å². The van der Waals surface area contributed by atoms with E-state index in [0.29, 0.717) is 25.1 Å². The van der Waals surface area contributed by atoms with Gasteiger partial charge in [-0.05, 0) is 20.3 Å². The number of nitrogens with zero attached hydrogens (tertiary/aromatic N) is 4. The van der Waals surface area contributed by atoms with Crippen molar-refractivity contribution in [1.82, 2.24) is 19.5 Å². The Balaban J connectivity index is 2.00. The van der Waals surface area contributed by atoms with Crippen molar-refractivity contribution < 1.29 is 9.90 Å². The second-order valence-corrected chi connectivity index (χ2v) is 5.01. The Morgan fingerprint density at radius 2 is 2.26 bits per heavy atom. The van der Waals surface area contributed by atoms with Crippen LogP contribution in [0.1, 0.15) is 28.2 Å². The Labute approximate surface area is 110 Å². The molecule has 1 aliphatic rings. The first-order valence-electron chi connectivity index (χ1n) is 6.35. The van der Waals surface area contributed by atoms with Crippen LogP contribution in [0, 0.1) is 13.8 Å². The summed E-state index contributed by atoms with van der Waals surface area (Å²) >= 11 is 0. The van der Waals surface area contributed by atoms with Crippen LogP contribution < -0.4 is 0 Å². The van der Waals surface area contributed by atoms with Crippen molar-refractivity contribution in [2.24, 2.45) is 0 Å².